The molecule has 1 atom stereocenters. The number of ether oxygens (including phenoxy) is 1. The Hall–Kier alpha value is -2.24. The molecule has 1 unspecified atom stereocenters. The van der Waals surface area contributed by atoms with Gasteiger partial charge in [-0.1, -0.05) is 12.2 Å². The Balaban J connectivity index is 2.13. The van der Waals surface area contributed by atoms with Crippen molar-refractivity contribution in [2.24, 2.45) is 5.92 Å². The van der Waals surface area contributed by atoms with Crippen LogP contribution in [0, 0.1) is 5.92 Å². The van der Waals surface area contributed by atoms with Crippen LogP contribution in [0.3, 0.4) is 0 Å². The van der Waals surface area contributed by atoms with Crippen LogP contribution in [-0.4, -0.2) is 17.7 Å². The van der Waals surface area contributed by atoms with Crippen LogP contribution in [0.1, 0.15) is 26.2 Å². The summed E-state index contributed by atoms with van der Waals surface area (Å²) in [6.45, 7) is 4.65. The third-order valence-electron chi connectivity index (χ3n) is 3.85. The zero-order chi connectivity index (χ0) is 17.6. The standard InChI is InChI=1S/C18H21F3N2O/c1-3-14-5-7-17(24-15-8-10-22-11-9-15)13(2)4-6-16(14)23-12-18(19,20)21/h3,6,8-11,14,23H,1,4-5,7,12H2,2H3/b16-6+,17-13+. The van der Waals surface area contributed by atoms with Gasteiger partial charge in [0.15, 0.2) is 0 Å². The van der Waals surface area contributed by atoms with Gasteiger partial charge in [0.2, 0.25) is 0 Å². The normalized spacial score (nSPS) is 24.3. The maximum absolute atomic E-state index is 12.5. The number of rotatable bonds is 5. The van der Waals surface area contributed by atoms with Gasteiger partial charge in [0.25, 0.3) is 0 Å². The zero-order valence-electron chi connectivity index (χ0n) is 13.6. The van der Waals surface area contributed by atoms with Gasteiger partial charge >= 0.3 is 6.18 Å². The van der Waals surface area contributed by atoms with Crippen molar-refractivity contribution in [1.29, 1.82) is 0 Å². The Kier molecular flexibility index (Phi) is 6.06. The van der Waals surface area contributed by atoms with E-state index < -0.39 is 12.7 Å². The van der Waals surface area contributed by atoms with Crippen molar-refractivity contribution in [2.45, 2.75) is 32.4 Å². The van der Waals surface area contributed by atoms with Crippen molar-refractivity contribution in [2.75, 3.05) is 6.54 Å². The predicted octanol–water partition coefficient (Wildman–Crippen LogP) is 4.76. The number of hydrogen-bond donors (Lipinski definition) is 1. The van der Waals surface area contributed by atoms with Gasteiger partial charge in [-0.25, -0.2) is 0 Å². The first-order valence-corrected chi connectivity index (χ1v) is 7.79. The summed E-state index contributed by atoms with van der Waals surface area (Å²) in [5.41, 5.74) is 1.57. The van der Waals surface area contributed by atoms with Crippen molar-refractivity contribution in [3.05, 3.63) is 60.3 Å². The average Bonchev–Trinajstić information content (AvgIpc) is 2.54. The second-order valence-corrected chi connectivity index (χ2v) is 5.70. The first-order valence-electron chi connectivity index (χ1n) is 7.79. The molecule has 0 bridgehead atoms. The topological polar surface area (TPSA) is 34.1 Å². The summed E-state index contributed by atoms with van der Waals surface area (Å²) in [5.74, 6) is 1.39. The Morgan fingerprint density at radius 3 is 2.71 bits per heavy atom. The number of alkyl halides is 3. The molecule has 1 aromatic rings. The summed E-state index contributed by atoms with van der Waals surface area (Å²) in [5, 5.41) is 2.51. The molecule has 0 saturated carbocycles. The molecule has 0 amide bonds. The third-order valence-corrected chi connectivity index (χ3v) is 3.85. The molecule has 1 aromatic heterocycles. The number of halogens is 3. The molecule has 1 aliphatic carbocycles. The van der Waals surface area contributed by atoms with Crippen molar-refractivity contribution in [3.63, 3.8) is 0 Å². The molecular formula is C18H21F3N2O. The molecule has 6 heteroatoms. The van der Waals surface area contributed by atoms with Gasteiger partial charge in [-0.2, -0.15) is 13.2 Å². The molecule has 1 N–H and O–H groups in total. The van der Waals surface area contributed by atoms with Gasteiger partial charge in [0, 0.05) is 30.4 Å². The lowest BCUT2D eigenvalue weighted by Gasteiger charge is -2.24. The van der Waals surface area contributed by atoms with Crippen LogP contribution in [0.15, 0.2) is 60.3 Å². The fraction of sp³-hybridized carbons (Fsp3) is 0.389. The molecule has 0 aromatic carbocycles. The zero-order valence-corrected chi connectivity index (χ0v) is 13.6. The van der Waals surface area contributed by atoms with Crippen LogP contribution < -0.4 is 10.1 Å². The number of aromatic nitrogens is 1. The minimum atomic E-state index is -4.24. The number of allylic oxidation sites excluding steroid dienone is 4. The Bertz CT molecular complexity index is 621. The van der Waals surface area contributed by atoms with Crippen LogP contribution in [0.5, 0.6) is 5.75 Å². The molecule has 1 aliphatic rings. The molecule has 0 aliphatic heterocycles. The highest BCUT2D eigenvalue weighted by molar-refractivity contribution is 5.25. The molecule has 0 saturated heterocycles. The Morgan fingerprint density at radius 1 is 1.38 bits per heavy atom. The van der Waals surface area contributed by atoms with E-state index in [1.54, 1.807) is 36.7 Å². The molecular weight excluding hydrogens is 317 g/mol. The molecule has 0 fully saturated rings. The van der Waals surface area contributed by atoms with E-state index in [-0.39, 0.29) is 5.92 Å². The maximum atomic E-state index is 12.5. The van der Waals surface area contributed by atoms with Crippen molar-refractivity contribution in [3.8, 4) is 5.75 Å². The predicted molar refractivity (Wildman–Crippen MR) is 87.2 cm³/mol. The van der Waals surface area contributed by atoms with Gasteiger partial charge in [-0.05, 0) is 37.5 Å². The van der Waals surface area contributed by atoms with Crippen LogP contribution in [0.2, 0.25) is 0 Å². The molecule has 3 nitrogen and oxygen atoms in total. The maximum Gasteiger partial charge on any atom is 0.405 e. The van der Waals surface area contributed by atoms with Gasteiger partial charge in [-0.3, -0.25) is 4.98 Å². The summed E-state index contributed by atoms with van der Waals surface area (Å²) in [4.78, 5) is 3.95. The lowest BCUT2D eigenvalue weighted by atomic mass is 9.93. The summed E-state index contributed by atoms with van der Waals surface area (Å²) >= 11 is 0. The highest BCUT2D eigenvalue weighted by atomic mass is 19.4. The highest BCUT2D eigenvalue weighted by Gasteiger charge is 2.28. The monoisotopic (exact) mass is 338 g/mol. The second kappa shape index (κ2) is 8.04. The second-order valence-electron chi connectivity index (χ2n) is 5.70. The minimum absolute atomic E-state index is 0.156. The van der Waals surface area contributed by atoms with Crippen molar-refractivity contribution in [1.82, 2.24) is 10.3 Å². The van der Waals surface area contributed by atoms with Gasteiger partial charge in [0.05, 0.1) is 0 Å². The third kappa shape index (κ3) is 5.44. The van der Waals surface area contributed by atoms with Crippen molar-refractivity contribution < 1.29 is 17.9 Å². The first kappa shape index (κ1) is 18.1. The largest absolute Gasteiger partial charge is 0.462 e. The van der Waals surface area contributed by atoms with E-state index in [2.05, 4.69) is 16.9 Å². The van der Waals surface area contributed by atoms with E-state index in [0.717, 1.165) is 11.3 Å². The number of nitrogens with one attached hydrogen (secondary N) is 1. The molecule has 24 heavy (non-hydrogen) atoms. The molecule has 0 spiro atoms. The summed E-state index contributed by atoms with van der Waals surface area (Å²) in [6, 6.07) is 3.55. The van der Waals surface area contributed by atoms with E-state index in [9.17, 15) is 13.2 Å². The summed E-state index contributed by atoms with van der Waals surface area (Å²) in [6.07, 6.45) is 4.34. The number of hydrogen-bond acceptors (Lipinski definition) is 3. The minimum Gasteiger partial charge on any atom is -0.462 e. The van der Waals surface area contributed by atoms with Crippen LogP contribution >= 0.6 is 0 Å². The molecule has 2 rings (SSSR count). The SMILES string of the molecule is C=CC1CC/C(Oc2ccncc2)=C(/C)C/C=C\1NCC(F)(F)F. The molecule has 0 radical (unpaired) electrons. The highest BCUT2D eigenvalue weighted by Crippen LogP contribution is 2.28. The van der Waals surface area contributed by atoms with Gasteiger partial charge < -0.3 is 10.1 Å². The smallest absolute Gasteiger partial charge is 0.405 e. The molecule has 130 valence electrons. The van der Waals surface area contributed by atoms with E-state index in [0.29, 0.717) is 30.7 Å². The van der Waals surface area contributed by atoms with Crippen molar-refractivity contribution >= 4 is 0 Å². The lowest BCUT2D eigenvalue weighted by Crippen LogP contribution is -2.31. The lowest BCUT2D eigenvalue weighted by molar-refractivity contribution is -0.123. The van der Waals surface area contributed by atoms with Gasteiger partial charge in [0.1, 0.15) is 18.1 Å². The average molecular weight is 338 g/mol. The summed E-state index contributed by atoms with van der Waals surface area (Å²) in [7, 11) is 0. The Morgan fingerprint density at radius 2 is 2.08 bits per heavy atom. The number of nitrogens with zero attached hydrogens (tertiary/aromatic N) is 1. The van der Waals surface area contributed by atoms with Crippen LogP contribution in [0.4, 0.5) is 13.2 Å². The fourth-order valence-corrected chi connectivity index (χ4v) is 2.52. The van der Waals surface area contributed by atoms with E-state index >= 15 is 0 Å². The first-order chi connectivity index (χ1) is 11.4. The van der Waals surface area contributed by atoms with E-state index in [4.69, 9.17) is 4.74 Å². The van der Waals surface area contributed by atoms with E-state index in [1.807, 2.05) is 6.92 Å². The number of pyridine rings is 1. The quantitative estimate of drug-likeness (QED) is 0.786. The molecule has 1 heterocycles. The van der Waals surface area contributed by atoms with E-state index in [1.165, 1.54) is 0 Å². The van der Waals surface area contributed by atoms with Gasteiger partial charge in [-0.15, -0.1) is 6.58 Å². The fourth-order valence-electron chi connectivity index (χ4n) is 2.52. The van der Waals surface area contributed by atoms with Crippen LogP contribution in [-0.2, 0) is 0 Å². The Labute approximate surface area is 139 Å². The van der Waals surface area contributed by atoms with Crippen LogP contribution in [0.25, 0.3) is 0 Å². The summed E-state index contributed by atoms with van der Waals surface area (Å²) < 4.78 is 43.3.